The highest BCUT2D eigenvalue weighted by Gasteiger charge is 2.33. The highest BCUT2D eigenvalue weighted by molar-refractivity contribution is 7.15. The number of nitrogens with one attached hydrogen (secondary N) is 1. The van der Waals surface area contributed by atoms with Gasteiger partial charge in [-0.05, 0) is 17.7 Å². The van der Waals surface area contributed by atoms with E-state index in [0.29, 0.717) is 4.88 Å². The van der Waals surface area contributed by atoms with Crippen LogP contribution in [0.3, 0.4) is 0 Å². The number of thiophene rings is 1. The van der Waals surface area contributed by atoms with E-state index in [4.69, 9.17) is 0 Å². The predicted octanol–water partition coefficient (Wildman–Crippen LogP) is 2.74. The summed E-state index contributed by atoms with van der Waals surface area (Å²) in [5.74, 6) is -0.562. The van der Waals surface area contributed by atoms with E-state index in [-0.39, 0.29) is 10.9 Å². The van der Waals surface area contributed by atoms with Gasteiger partial charge in [-0.1, -0.05) is 29.5 Å². The van der Waals surface area contributed by atoms with Crippen molar-refractivity contribution in [1.29, 1.82) is 0 Å². The average Bonchev–Trinajstić information content (AvgIpc) is 2.91. The molecule has 1 N–H and O–H groups in total. The molecular formula is C12H8N2O3S. The number of para-hydroxylation sites is 1. The molecule has 1 amide bonds. The largest absolute Gasteiger partial charge is 0.325 e. The lowest BCUT2D eigenvalue weighted by atomic mass is 9.99. The molecule has 3 rings (SSSR count). The molecule has 0 saturated carbocycles. The molecule has 5 nitrogen and oxygen atoms in total. The van der Waals surface area contributed by atoms with E-state index in [1.807, 2.05) is 24.3 Å². The molecule has 1 unspecified atom stereocenters. The van der Waals surface area contributed by atoms with Crippen molar-refractivity contribution in [1.82, 2.24) is 0 Å². The Labute approximate surface area is 106 Å². The maximum Gasteiger partial charge on any atom is 0.324 e. The van der Waals surface area contributed by atoms with Gasteiger partial charge in [0.05, 0.1) is 10.8 Å². The maximum atomic E-state index is 11.9. The summed E-state index contributed by atoms with van der Waals surface area (Å²) in [5.41, 5.74) is 1.66. The quantitative estimate of drug-likeness (QED) is 0.666. The van der Waals surface area contributed by atoms with Gasteiger partial charge >= 0.3 is 5.00 Å². The van der Waals surface area contributed by atoms with E-state index in [2.05, 4.69) is 5.32 Å². The van der Waals surface area contributed by atoms with Gasteiger partial charge in [0.1, 0.15) is 0 Å². The second-order valence-corrected chi connectivity index (χ2v) is 5.04. The number of hydrogen-bond donors (Lipinski definition) is 1. The van der Waals surface area contributed by atoms with Crippen LogP contribution in [0.25, 0.3) is 0 Å². The number of carbonyl (C=O) groups excluding carboxylic acids is 1. The molecule has 0 fully saturated rings. The van der Waals surface area contributed by atoms with Gasteiger partial charge in [0, 0.05) is 16.6 Å². The van der Waals surface area contributed by atoms with Crippen LogP contribution in [-0.2, 0) is 4.79 Å². The monoisotopic (exact) mass is 260 g/mol. The first-order valence-electron chi connectivity index (χ1n) is 5.31. The lowest BCUT2D eigenvalue weighted by molar-refractivity contribution is -0.380. The summed E-state index contributed by atoms with van der Waals surface area (Å²) < 4.78 is 0. The number of anilines is 1. The number of nitrogens with zero attached hydrogens (tertiary/aromatic N) is 1. The highest BCUT2D eigenvalue weighted by atomic mass is 32.1. The Balaban J connectivity index is 2.06. The number of nitro groups is 1. The SMILES string of the molecule is O=C1Nc2ccccc2C1c1ccc([N+](=O)[O-])s1. The number of carbonyl (C=O) groups is 1. The van der Waals surface area contributed by atoms with Crippen molar-refractivity contribution in [2.45, 2.75) is 5.92 Å². The zero-order valence-electron chi connectivity index (χ0n) is 9.12. The van der Waals surface area contributed by atoms with Gasteiger partial charge in [0.25, 0.3) is 0 Å². The molecular weight excluding hydrogens is 252 g/mol. The predicted molar refractivity (Wildman–Crippen MR) is 67.9 cm³/mol. The van der Waals surface area contributed by atoms with Crippen molar-refractivity contribution < 1.29 is 9.72 Å². The summed E-state index contributed by atoms with van der Waals surface area (Å²) in [7, 11) is 0. The van der Waals surface area contributed by atoms with Crippen LogP contribution in [0.1, 0.15) is 16.4 Å². The maximum absolute atomic E-state index is 11.9. The van der Waals surface area contributed by atoms with Crippen molar-refractivity contribution in [3.8, 4) is 0 Å². The Morgan fingerprint density at radius 1 is 1.22 bits per heavy atom. The van der Waals surface area contributed by atoms with Gasteiger partial charge in [-0.3, -0.25) is 14.9 Å². The van der Waals surface area contributed by atoms with Crippen LogP contribution in [-0.4, -0.2) is 10.8 Å². The second-order valence-electron chi connectivity index (χ2n) is 3.94. The van der Waals surface area contributed by atoms with Crippen LogP contribution in [0, 0.1) is 10.1 Å². The molecule has 0 aliphatic carbocycles. The fraction of sp³-hybridized carbons (Fsp3) is 0.0833. The van der Waals surface area contributed by atoms with Crippen LogP contribution in [0.5, 0.6) is 0 Å². The second kappa shape index (κ2) is 3.92. The Kier molecular flexibility index (Phi) is 2.38. The number of hydrogen-bond acceptors (Lipinski definition) is 4. The van der Waals surface area contributed by atoms with E-state index < -0.39 is 10.8 Å². The van der Waals surface area contributed by atoms with Gasteiger partial charge in [0.15, 0.2) is 0 Å². The molecule has 0 saturated heterocycles. The molecule has 90 valence electrons. The fourth-order valence-corrected chi connectivity index (χ4v) is 3.03. The first-order chi connectivity index (χ1) is 8.66. The van der Waals surface area contributed by atoms with E-state index in [0.717, 1.165) is 22.6 Å². The zero-order chi connectivity index (χ0) is 12.7. The molecule has 0 bridgehead atoms. The number of fused-ring (bicyclic) bond motifs is 1. The van der Waals surface area contributed by atoms with Gasteiger partial charge in [0.2, 0.25) is 5.91 Å². The lowest BCUT2D eigenvalue weighted by Gasteiger charge is -2.04. The minimum atomic E-state index is -0.438. The third-order valence-corrected chi connectivity index (χ3v) is 3.97. The third-order valence-electron chi connectivity index (χ3n) is 2.87. The molecule has 18 heavy (non-hydrogen) atoms. The molecule has 2 aromatic rings. The van der Waals surface area contributed by atoms with Gasteiger partial charge in [-0.25, -0.2) is 0 Å². The molecule has 1 aromatic carbocycles. The molecule has 1 aromatic heterocycles. The van der Waals surface area contributed by atoms with E-state index >= 15 is 0 Å². The van der Waals surface area contributed by atoms with E-state index in [9.17, 15) is 14.9 Å². The van der Waals surface area contributed by atoms with Crippen molar-refractivity contribution in [3.05, 3.63) is 57.0 Å². The van der Waals surface area contributed by atoms with Gasteiger partial charge in [-0.2, -0.15) is 0 Å². The molecule has 6 heteroatoms. The molecule has 2 heterocycles. The number of amides is 1. The summed E-state index contributed by atoms with van der Waals surface area (Å²) in [6.45, 7) is 0. The fourth-order valence-electron chi connectivity index (χ4n) is 2.09. The Hall–Kier alpha value is -2.21. The summed E-state index contributed by atoms with van der Waals surface area (Å²) >= 11 is 1.05. The van der Waals surface area contributed by atoms with Crippen molar-refractivity contribution in [2.24, 2.45) is 0 Å². The lowest BCUT2D eigenvalue weighted by Crippen LogP contribution is -2.11. The van der Waals surface area contributed by atoms with Crippen molar-refractivity contribution in [3.63, 3.8) is 0 Å². The van der Waals surface area contributed by atoms with Crippen LogP contribution in [0.2, 0.25) is 0 Å². The zero-order valence-corrected chi connectivity index (χ0v) is 9.94. The number of benzene rings is 1. The van der Waals surface area contributed by atoms with Crippen molar-refractivity contribution >= 4 is 27.9 Å². The molecule has 0 spiro atoms. The summed E-state index contributed by atoms with van der Waals surface area (Å²) in [6, 6.07) is 10.5. The summed E-state index contributed by atoms with van der Waals surface area (Å²) in [6.07, 6.45) is 0. The smallest absolute Gasteiger partial charge is 0.324 e. The molecule has 1 aliphatic rings. The first kappa shape index (κ1) is 10.9. The van der Waals surface area contributed by atoms with Gasteiger partial charge < -0.3 is 5.32 Å². The molecule has 1 atom stereocenters. The normalized spacial score (nSPS) is 17.3. The molecule has 1 aliphatic heterocycles. The van der Waals surface area contributed by atoms with Crippen molar-refractivity contribution in [2.75, 3.05) is 5.32 Å². The topological polar surface area (TPSA) is 72.2 Å². The summed E-state index contributed by atoms with van der Waals surface area (Å²) in [4.78, 5) is 22.9. The third kappa shape index (κ3) is 1.58. The van der Waals surface area contributed by atoms with Crippen LogP contribution in [0.4, 0.5) is 10.7 Å². The Bertz CT molecular complexity index is 650. The standard InChI is InChI=1S/C12H8N2O3S/c15-12-11(7-3-1-2-4-8(7)13-12)9-5-6-10(18-9)14(16)17/h1-6,11H,(H,13,15). The molecule has 0 radical (unpaired) electrons. The average molecular weight is 260 g/mol. The Morgan fingerprint density at radius 3 is 2.72 bits per heavy atom. The summed E-state index contributed by atoms with van der Waals surface area (Å²) in [5, 5.41) is 13.5. The van der Waals surface area contributed by atoms with Crippen LogP contribution >= 0.6 is 11.3 Å². The van der Waals surface area contributed by atoms with E-state index in [1.165, 1.54) is 6.07 Å². The van der Waals surface area contributed by atoms with E-state index in [1.54, 1.807) is 6.07 Å². The van der Waals surface area contributed by atoms with Gasteiger partial charge in [-0.15, -0.1) is 0 Å². The highest BCUT2D eigenvalue weighted by Crippen LogP contribution is 2.41. The minimum Gasteiger partial charge on any atom is -0.325 e. The van der Waals surface area contributed by atoms with Crippen LogP contribution in [0.15, 0.2) is 36.4 Å². The number of rotatable bonds is 2. The minimum absolute atomic E-state index is 0.0576. The first-order valence-corrected chi connectivity index (χ1v) is 6.12. The Morgan fingerprint density at radius 2 is 2.00 bits per heavy atom. The van der Waals surface area contributed by atoms with Crippen LogP contribution < -0.4 is 5.32 Å².